The smallest absolute Gasteiger partial charge is 0.195 e. The second-order valence-electron chi connectivity index (χ2n) is 1.99. The van der Waals surface area contributed by atoms with Crippen molar-refractivity contribution < 1.29 is 0 Å². The number of nitrogens with one attached hydrogen (secondary N) is 1. The number of pyridine rings is 1. The minimum atomic E-state index is 0.0474. The predicted octanol–water partition coefficient (Wildman–Crippen LogP) is 1.74. The summed E-state index contributed by atoms with van der Waals surface area (Å²) in [6, 6.07) is 1.51. The molecular weight excluding hydrogens is 158 g/mol. The lowest BCUT2D eigenvalue weighted by atomic mass is 10.3. The third kappa shape index (κ3) is 1.54. The van der Waals surface area contributed by atoms with Gasteiger partial charge in [-0.15, -0.1) is 11.8 Å². The van der Waals surface area contributed by atoms with Gasteiger partial charge in [-0.05, 0) is 12.3 Å². The fourth-order valence-electron chi connectivity index (χ4n) is 0.843. The van der Waals surface area contributed by atoms with Crippen LogP contribution in [0.2, 0.25) is 0 Å². The van der Waals surface area contributed by atoms with Crippen molar-refractivity contribution in [3.8, 4) is 0 Å². The van der Waals surface area contributed by atoms with Crippen LogP contribution in [-0.2, 0) is 0 Å². The molecule has 1 aromatic rings. The van der Waals surface area contributed by atoms with Gasteiger partial charge in [0.1, 0.15) is 0 Å². The van der Waals surface area contributed by atoms with E-state index in [0.717, 1.165) is 10.6 Å². The third-order valence-electron chi connectivity index (χ3n) is 1.35. The summed E-state index contributed by atoms with van der Waals surface area (Å²) in [4.78, 5) is 14.8. The Balaban J connectivity index is 3.36. The summed E-state index contributed by atoms with van der Waals surface area (Å²) in [5, 5.41) is 0. The van der Waals surface area contributed by atoms with Crippen LogP contribution in [0.3, 0.4) is 0 Å². The molecule has 0 aromatic carbocycles. The van der Waals surface area contributed by atoms with Crippen LogP contribution in [0.25, 0.3) is 6.08 Å². The zero-order valence-electron chi connectivity index (χ0n) is 6.26. The number of aromatic nitrogens is 1. The molecule has 2 nitrogen and oxygen atoms in total. The summed E-state index contributed by atoms with van der Waals surface area (Å²) in [6.07, 6.45) is 5.14. The second-order valence-corrected chi connectivity index (χ2v) is 2.81. The number of aromatic amines is 1. The number of hydrogen-bond donors (Lipinski definition) is 1. The molecule has 1 rings (SSSR count). The van der Waals surface area contributed by atoms with E-state index in [0.29, 0.717) is 0 Å². The van der Waals surface area contributed by atoms with Crippen LogP contribution in [0.5, 0.6) is 0 Å². The number of hydrogen-bond acceptors (Lipinski definition) is 2. The van der Waals surface area contributed by atoms with Crippen LogP contribution in [0.15, 0.2) is 28.5 Å². The number of thioether (sulfide) groups is 1. The maximum absolute atomic E-state index is 11.1. The minimum Gasteiger partial charge on any atom is -0.361 e. The van der Waals surface area contributed by atoms with E-state index < -0.39 is 0 Å². The molecular formula is C8H9NOS. The lowest BCUT2D eigenvalue weighted by Gasteiger charge is -1.98. The van der Waals surface area contributed by atoms with Crippen molar-refractivity contribution in [2.75, 3.05) is 6.26 Å². The van der Waals surface area contributed by atoms with Gasteiger partial charge in [-0.25, -0.2) is 0 Å². The van der Waals surface area contributed by atoms with Crippen molar-refractivity contribution in [3.05, 3.63) is 34.8 Å². The summed E-state index contributed by atoms with van der Waals surface area (Å²) in [5.41, 5.74) is 0.844. The Hall–Kier alpha value is -0.960. The summed E-state index contributed by atoms with van der Waals surface area (Å²) in [5.74, 6) is 0. The first-order valence-corrected chi connectivity index (χ1v) is 4.40. The van der Waals surface area contributed by atoms with Gasteiger partial charge in [-0.1, -0.05) is 6.58 Å². The monoisotopic (exact) mass is 167 g/mol. The fraction of sp³-hybridized carbons (Fsp3) is 0.125. The van der Waals surface area contributed by atoms with Crippen molar-refractivity contribution in [1.82, 2.24) is 4.98 Å². The van der Waals surface area contributed by atoms with Crippen molar-refractivity contribution >= 4 is 17.8 Å². The average molecular weight is 167 g/mol. The predicted molar refractivity (Wildman–Crippen MR) is 48.9 cm³/mol. The molecule has 11 heavy (non-hydrogen) atoms. The molecule has 0 amide bonds. The average Bonchev–Trinajstić information content (AvgIpc) is 2.04. The Morgan fingerprint density at radius 1 is 1.73 bits per heavy atom. The van der Waals surface area contributed by atoms with Gasteiger partial charge in [0.25, 0.3) is 0 Å². The topological polar surface area (TPSA) is 32.9 Å². The van der Waals surface area contributed by atoms with E-state index in [2.05, 4.69) is 11.6 Å². The van der Waals surface area contributed by atoms with E-state index in [1.54, 1.807) is 12.3 Å². The van der Waals surface area contributed by atoms with Gasteiger partial charge in [0, 0.05) is 12.3 Å². The van der Waals surface area contributed by atoms with Crippen molar-refractivity contribution in [2.45, 2.75) is 4.90 Å². The van der Waals surface area contributed by atoms with E-state index >= 15 is 0 Å². The van der Waals surface area contributed by atoms with Gasteiger partial charge >= 0.3 is 0 Å². The van der Waals surface area contributed by atoms with Gasteiger partial charge in [-0.2, -0.15) is 0 Å². The molecule has 0 bridgehead atoms. The summed E-state index contributed by atoms with van der Waals surface area (Å²) < 4.78 is 0. The zero-order chi connectivity index (χ0) is 8.27. The Kier molecular flexibility index (Phi) is 2.54. The molecule has 0 radical (unpaired) electrons. The number of rotatable bonds is 2. The first-order chi connectivity index (χ1) is 5.29. The first kappa shape index (κ1) is 8.14. The molecule has 0 aliphatic heterocycles. The normalized spacial score (nSPS) is 9.55. The highest BCUT2D eigenvalue weighted by Crippen LogP contribution is 2.13. The molecule has 58 valence electrons. The van der Waals surface area contributed by atoms with Gasteiger partial charge in [0.15, 0.2) is 5.43 Å². The van der Waals surface area contributed by atoms with E-state index in [-0.39, 0.29) is 5.43 Å². The summed E-state index contributed by atoms with van der Waals surface area (Å²) in [6.45, 7) is 3.60. The lowest BCUT2D eigenvalue weighted by Crippen LogP contribution is -2.04. The molecule has 0 aliphatic carbocycles. The Labute approximate surface area is 69.3 Å². The van der Waals surface area contributed by atoms with Crippen molar-refractivity contribution in [2.24, 2.45) is 0 Å². The van der Waals surface area contributed by atoms with E-state index in [4.69, 9.17) is 0 Å². The van der Waals surface area contributed by atoms with Gasteiger partial charge in [0.05, 0.1) is 10.6 Å². The van der Waals surface area contributed by atoms with Crippen LogP contribution in [0.4, 0.5) is 0 Å². The molecule has 0 atom stereocenters. The molecule has 0 fully saturated rings. The Bertz CT molecular complexity index is 316. The quantitative estimate of drug-likeness (QED) is 0.680. The molecule has 0 aliphatic rings. The minimum absolute atomic E-state index is 0.0474. The van der Waals surface area contributed by atoms with E-state index in [9.17, 15) is 4.79 Å². The van der Waals surface area contributed by atoms with Crippen LogP contribution < -0.4 is 5.43 Å². The molecule has 1 heterocycles. The molecule has 0 saturated heterocycles. The van der Waals surface area contributed by atoms with Crippen molar-refractivity contribution in [3.63, 3.8) is 0 Å². The largest absolute Gasteiger partial charge is 0.361 e. The molecule has 0 saturated carbocycles. The summed E-state index contributed by atoms with van der Waals surface area (Å²) in [7, 11) is 0. The maximum Gasteiger partial charge on any atom is 0.195 e. The van der Waals surface area contributed by atoms with Crippen LogP contribution in [0, 0.1) is 0 Å². The van der Waals surface area contributed by atoms with E-state index in [1.807, 2.05) is 6.26 Å². The highest BCUT2D eigenvalue weighted by molar-refractivity contribution is 7.98. The SMILES string of the molecule is C=Cc1[nH]ccc(=O)c1SC. The van der Waals surface area contributed by atoms with Crippen LogP contribution >= 0.6 is 11.8 Å². The van der Waals surface area contributed by atoms with Gasteiger partial charge < -0.3 is 4.98 Å². The third-order valence-corrected chi connectivity index (χ3v) is 2.18. The Morgan fingerprint density at radius 2 is 2.45 bits per heavy atom. The highest BCUT2D eigenvalue weighted by atomic mass is 32.2. The highest BCUT2D eigenvalue weighted by Gasteiger charge is 2.00. The second kappa shape index (κ2) is 3.44. The first-order valence-electron chi connectivity index (χ1n) is 3.17. The van der Waals surface area contributed by atoms with Gasteiger partial charge in [-0.3, -0.25) is 4.79 Å². The Morgan fingerprint density at radius 3 is 2.91 bits per heavy atom. The lowest BCUT2D eigenvalue weighted by molar-refractivity contribution is 1.17. The standard InChI is InChI=1S/C8H9NOS/c1-3-6-8(11-2)7(10)4-5-9-6/h3-5H,1H2,2H3,(H,9,10). The molecule has 0 spiro atoms. The molecule has 1 N–H and O–H groups in total. The van der Waals surface area contributed by atoms with Crippen LogP contribution in [-0.4, -0.2) is 11.2 Å². The molecule has 1 aromatic heterocycles. The summed E-state index contributed by atoms with van der Waals surface area (Å²) >= 11 is 1.43. The maximum atomic E-state index is 11.1. The molecule has 3 heteroatoms. The van der Waals surface area contributed by atoms with E-state index in [1.165, 1.54) is 17.8 Å². The van der Waals surface area contributed by atoms with Crippen LogP contribution in [0.1, 0.15) is 5.69 Å². The molecule has 0 unspecified atom stereocenters. The fourth-order valence-corrected chi connectivity index (χ4v) is 1.47. The van der Waals surface area contributed by atoms with Gasteiger partial charge in [0.2, 0.25) is 0 Å². The van der Waals surface area contributed by atoms with Crippen molar-refractivity contribution in [1.29, 1.82) is 0 Å². The zero-order valence-corrected chi connectivity index (χ0v) is 7.07. The number of H-pyrrole nitrogens is 1.